The van der Waals surface area contributed by atoms with Crippen LogP contribution in [0.1, 0.15) is 58.1 Å². The van der Waals surface area contributed by atoms with E-state index in [-0.39, 0.29) is 52.1 Å². The number of amides is 3. The van der Waals surface area contributed by atoms with Crippen molar-refractivity contribution in [1.82, 2.24) is 24.9 Å². The molecule has 4 heterocycles. The Morgan fingerprint density at radius 1 is 0.978 bits per heavy atom. The number of benzene rings is 2. The van der Waals surface area contributed by atoms with Crippen molar-refractivity contribution in [2.75, 3.05) is 38.5 Å². The first-order valence-corrected chi connectivity index (χ1v) is 15.5. The zero-order valence-corrected chi connectivity index (χ0v) is 26.0. The normalized spacial score (nSPS) is 22.2. The van der Waals surface area contributed by atoms with Crippen molar-refractivity contribution >= 4 is 35.0 Å². The van der Waals surface area contributed by atoms with Gasteiger partial charge in [-0.05, 0) is 61.2 Å². The summed E-state index contributed by atoms with van der Waals surface area (Å²) in [6.45, 7) is 2.87. The summed E-state index contributed by atoms with van der Waals surface area (Å²) in [6.07, 6.45) is 3.31. The van der Waals surface area contributed by atoms with Crippen LogP contribution in [0, 0.1) is 17.8 Å². The highest BCUT2D eigenvalue weighted by Gasteiger charge is 2.31. The predicted molar refractivity (Wildman–Crippen MR) is 171 cm³/mol. The molecule has 2 unspecified atom stereocenters. The van der Waals surface area contributed by atoms with E-state index in [0.717, 1.165) is 36.2 Å². The number of likely N-dealkylation sites (N-methyl/N-ethyl adjacent to an activating group) is 1. The number of aryl methyl sites for hydroxylation is 1. The summed E-state index contributed by atoms with van der Waals surface area (Å²) in [7, 11) is 3.64. The Morgan fingerprint density at radius 2 is 1.69 bits per heavy atom. The van der Waals surface area contributed by atoms with Crippen LogP contribution in [-0.4, -0.2) is 76.6 Å². The molecule has 3 amide bonds. The van der Waals surface area contributed by atoms with Gasteiger partial charge in [-0.25, -0.2) is 4.68 Å². The van der Waals surface area contributed by atoms with Gasteiger partial charge in [-0.15, -0.1) is 0 Å². The smallest absolute Gasteiger partial charge is 0.287 e. The molecule has 3 aromatic rings. The molecule has 3 saturated heterocycles. The topological polar surface area (TPSA) is 117 Å². The van der Waals surface area contributed by atoms with Crippen LogP contribution in [0.4, 0.5) is 5.69 Å². The monoisotopic (exact) mass is 626 g/mol. The highest BCUT2D eigenvalue weighted by atomic mass is 35.5. The van der Waals surface area contributed by atoms with E-state index >= 15 is 0 Å². The van der Waals surface area contributed by atoms with Crippen molar-refractivity contribution in [3.05, 3.63) is 92.4 Å². The van der Waals surface area contributed by atoms with Crippen molar-refractivity contribution < 1.29 is 14.4 Å². The molecule has 11 heteroatoms. The van der Waals surface area contributed by atoms with Crippen LogP contribution in [0.2, 0.25) is 5.02 Å². The summed E-state index contributed by atoms with van der Waals surface area (Å²) >= 11 is 6.28. The Bertz CT molecular complexity index is 1740. The standard InChI is InChI=1S/C34H35ClN6O4/c1-39-19-26(15-27(20-39)37-29-16-36-40(2)34(45)31(29)35)23-9-11-25(12-10-23)33(44)41-17-22(18-41)4-3-21-5-7-24(8-6-21)28-13-14-30(42)38-32(28)43/h5-12,16,22,26-28,37H,13-15,17-20H2,1-2H3,(H,38,42,43)/t26?,27-,28?/m1/s1. The SMILES string of the molecule is CN1CC(c2ccc(C(=O)N3CC(C#Cc4ccc(C5CCC(=O)NC5=O)cc4)C3)cc2)C[C@@H](Nc2cnn(C)c(=O)c2Cl)C1. The van der Waals surface area contributed by atoms with Crippen LogP contribution in [0.3, 0.4) is 0 Å². The summed E-state index contributed by atoms with van der Waals surface area (Å²) in [5, 5.41) is 10.0. The third-order valence-corrected chi connectivity index (χ3v) is 9.21. The van der Waals surface area contributed by atoms with Crippen molar-refractivity contribution in [2.45, 2.75) is 37.1 Å². The van der Waals surface area contributed by atoms with Gasteiger partial charge in [-0.3, -0.25) is 24.5 Å². The number of aromatic nitrogens is 2. The zero-order valence-electron chi connectivity index (χ0n) is 25.3. The summed E-state index contributed by atoms with van der Waals surface area (Å²) in [4.78, 5) is 52.9. The van der Waals surface area contributed by atoms with Gasteiger partial charge in [0.2, 0.25) is 11.8 Å². The van der Waals surface area contributed by atoms with E-state index in [4.69, 9.17) is 11.6 Å². The minimum Gasteiger partial charge on any atom is -0.378 e. The van der Waals surface area contributed by atoms with E-state index in [1.54, 1.807) is 13.2 Å². The summed E-state index contributed by atoms with van der Waals surface area (Å²) in [5.74, 6) is 6.05. The van der Waals surface area contributed by atoms with E-state index in [0.29, 0.717) is 37.2 Å². The molecule has 3 atom stereocenters. The van der Waals surface area contributed by atoms with Crippen LogP contribution in [0.15, 0.2) is 59.5 Å². The molecule has 2 aromatic carbocycles. The third kappa shape index (κ3) is 6.80. The maximum Gasteiger partial charge on any atom is 0.287 e. The number of piperidine rings is 2. The first-order chi connectivity index (χ1) is 21.6. The number of halogens is 1. The van der Waals surface area contributed by atoms with Crippen LogP contribution >= 0.6 is 11.6 Å². The minimum atomic E-state index is -0.332. The zero-order chi connectivity index (χ0) is 31.7. The Morgan fingerprint density at radius 3 is 2.40 bits per heavy atom. The maximum atomic E-state index is 13.1. The molecular formula is C34H35ClN6O4. The Kier molecular flexibility index (Phi) is 8.74. The first kappa shape index (κ1) is 30.6. The molecule has 0 aliphatic carbocycles. The quantitative estimate of drug-likeness (QED) is 0.330. The number of nitrogens with zero attached hydrogens (tertiary/aromatic N) is 4. The number of hydrogen-bond donors (Lipinski definition) is 2. The third-order valence-electron chi connectivity index (χ3n) is 8.84. The number of nitrogens with one attached hydrogen (secondary N) is 2. The lowest BCUT2D eigenvalue weighted by atomic mass is 9.87. The Hall–Kier alpha value is -4.46. The second kappa shape index (κ2) is 12.9. The number of hydrogen-bond acceptors (Lipinski definition) is 7. The highest BCUT2D eigenvalue weighted by molar-refractivity contribution is 6.32. The lowest BCUT2D eigenvalue weighted by molar-refractivity contribution is -0.134. The summed E-state index contributed by atoms with van der Waals surface area (Å²) < 4.78 is 1.22. The molecule has 0 radical (unpaired) electrons. The van der Waals surface area contributed by atoms with E-state index in [1.807, 2.05) is 53.4 Å². The van der Waals surface area contributed by atoms with Crippen LogP contribution in [0.5, 0.6) is 0 Å². The fourth-order valence-corrected chi connectivity index (χ4v) is 6.53. The van der Waals surface area contributed by atoms with E-state index in [2.05, 4.69) is 39.5 Å². The second-order valence-corrected chi connectivity index (χ2v) is 12.6. The van der Waals surface area contributed by atoms with Crippen molar-refractivity contribution in [2.24, 2.45) is 13.0 Å². The van der Waals surface area contributed by atoms with Gasteiger partial charge in [0.1, 0.15) is 5.02 Å². The van der Waals surface area contributed by atoms with Crippen LogP contribution in [-0.2, 0) is 16.6 Å². The van der Waals surface area contributed by atoms with Gasteiger partial charge in [-0.2, -0.15) is 5.10 Å². The average molecular weight is 627 g/mol. The first-order valence-electron chi connectivity index (χ1n) is 15.2. The lowest BCUT2D eigenvalue weighted by Gasteiger charge is -2.37. The Labute approximate surface area is 266 Å². The van der Waals surface area contributed by atoms with Gasteiger partial charge in [-0.1, -0.05) is 47.7 Å². The molecule has 2 N–H and O–H groups in total. The minimum absolute atomic E-state index is 0.00120. The van der Waals surface area contributed by atoms with Gasteiger partial charge in [0.05, 0.1) is 23.7 Å². The largest absolute Gasteiger partial charge is 0.378 e. The predicted octanol–water partition coefficient (Wildman–Crippen LogP) is 2.98. The summed E-state index contributed by atoms with van der Waals surface area (Å²) in [6, 6.07) is 15.6. The van der Waals surface area contributed by atoms with Crippen molar-refractivity contribution in [3.63, 3.8) is 0 Å². The second-order valence-electron chi connectivity index (χ2n) is 12.2. The van der Waals surface area contributed by atoms with E-state index < -0.39 is 0 Å². The average Bonchev–Trinajstić information content (AvgIpc) is 3.01. The molecule has 10 nitrogen and oxygen atoms in total. The van der Waals surface area contributed by atoms with Gasteiger partial charge >= 0.3 is 0 Å². The molecule has 45 heavy (non-hydrogen) atoms. The number of rotatable bonds is 5. The van der Waals surface area contributed by atoms with Crippen LogP contribution < -0.4 is 16.2 Å². The highest BCUT2D eigenvalue weighted by Crippen LogP contribution is 2.30. The lowest BCUT2D eigenvalue weighted by Crippen LogP contribution is -2.49. The molecule has 3 aliphatic rings. The molecule has 0 saturated carbocycles. The van der Waals surface area contributed by atoms with Gasteiger partial charge in [0.25, 0.3) is 11.5 Å². The van der Waals surface area contributed by atoms with Gasteiger partial charge < -0.3 is 15.1 Å². The number of carbonyl (C=O) groups is 3. The molecular weight excluding hydrogens is 592 g/mol. The fraction of sp³-hybridized carbons (Fsp3) is 0.382. The van der Waals surface area contributed by atoms with Crippen LogP contribution in [0.25, 0.3) is 0 Å². The number of imide groups is 1. The molecule has 3 aliphatic heterocycles. The molecule has 6 rings (SSSR count). The number of carbonyl (C=O) groups excluding carboxylic acids is 3. The van der Waals surface area contributed by atoms with E-state index in [1.165, 1.54) is 4.68 Å². The molecule has 232 valence electrons. The van der Waals surface area contributed by atoms with Crippen molar-refractivity contribution in [1.29, 1.82) is 0 Å². The van der Waals surface area contributed by atoms with Gasteiger partial charge in [0, 0.05) is 56.8 Å². The maximum absolute atomic E-state index is 13.1. The molecule has 3 fully saturated rings. The Balaban J connectivity index is 1.01. The fourth-order valence-electron chi connectivity index (χ4n) is 6.31. The molecule has 1 aromatic heterocycles. The molecule has 0 spiro atoms. The number of anilines is 1. The van der Waals surface area contributed by atoms with E-state index in [9.17, 15) is 19.2 Å². The molecule has 0 bridgehead atoms. The summed E-state index contributed by atoms with van der Waals surface area (Å²) in [5.41, 5.74) is 3.76. The van der Waals surface area contributed by atoms with Crippen molar-refractivity contribution in [3.8, 4) is 11.8 Å². The number of likely N-dealkylation sites (tertiary alicyclic amines) is 2. The van der Waals surface area contributed by atoms with Gasteiger partial charge in [0.15, 0.2) is 0 Å².